The predicted octanol–water partition coefficient (Wildman–Crippen LogP) is 3.67. The number of nitrogens with zero attached hydrogens (tertiary/aromatic N) is 3. The van der Waals surface area contributed by atoms with Crippen LogP contribution in [0.5, 0.6) is 5.88 Å². The molecule has 2 aromatic rings. The van der Waals surface area contributed by atoms with Crippen molar-refractivity contribution in [2.24, 2.45) is 10.9 Å². The van der Waals surface area contributed by atoms with Crippen molar-refractivity contribution in [3.63, 3.8) is 0 Å². The first-order valence-corrected chi connectivity index (χ1v) is 10.4. The van der Waals surface area contributed by atoms with E-state index < -0.39 is 0 Å². The van der Waals surface area contributed by atoms with E-state index in [0.29, 0.717) is 37.0 Å². The normalized spacial score (nSPS) is 19.4. The molecule has 30 heavy (non-hydrogen) atoms. The standard InChI is InChI=1S/C23H33N5O.HI/c1-17(2)28-14-18(3)21(15-28)27-23(24-4)26-13-20-10-11-25-22(12-20)29-16-19-8-6-5-7-9-19;/h5-12,17-18,21H,13-16H2,1-4H3,(H2,24,26,27);1H. The lowest BCUT2D eigenvalue weighted by molar-refractivity contribution is 0.265. The summed E-state index contributed by atoms with van der Waals surface area (Å²) < 4.78 is 5.83. The van der Waals surface area contributed by atoms with Crippen LogP contribution < -0.4 is 15.4 Å². The lowest BCUT2D eigenvalue weighted by Gasteiger charge is -2.22. The summed E-state index contributed by atoms with van der Waals surface area (Å²) in [5.74, 6) is 2.05. The van der Waals surface area contributed by atoms with Gasteiger partial charge in [-0.3, -0.25) is 9.89 Å². The molecular formula is C23H34IN5O. The molecular weight excluding hydrogens is 489 g/mol. The zero-order chi connectivity index (χ0) is 20.6. The van der Waals surface area contributed by atoms with E-state index in [1.165, 1.54) is 0 Å². The van der Waals surface area contributed by atoms with E-state index in [4.69, 9.17) is 4.74 Å². The van der Waals surface area contributed by atoms with Crippen LogP contribution >= 0.6 is 24.0 Å². The molecule has 0 saturated carbocycles. The number of guanidine groups is 1. The van der Waals surface area contributed by atoms with E-state index in [0.717, 1.165) is 30.2 Å². The molecule has 1 saturated heterocycles. The van der Waals surface area contributed by atoms with Gasteiger partial charge >= 0.3 is 0 Å². The monoisotopic (exact) mass is 523 g/mol. The Hall–Kier alpha value is -1.87. The second kappa shape index (κ2) is 12.1. The second-order valence-electron chi connectivity index (χ2n) is 7.98. The first kappa shape index (κ1) is 24.4. The van der Waals surface area contributed by atoms with E-state index in [1.54, 1.807) is 6.20 Å². The second-order valence-corrected chi connectivity index (χ2v) is 7.98. The van der Waals surface area contributed by atoms with Crippen LogP contribution in [0.15, 0.2) is 53.7 Å². The van der Waals surface area contributed by atoms with E-state index >= 15 is 0 Å². The largest absolute Gasteiger partial charge is 0.473 e. The molecule has 2 unspecified atom stereocenters. The number of halogens is 1. The van der Waals surface area contributed by atoms with Crippen molar-refractivity contribution in [2.75, 3.05) is 20.1 Å². The molecule has 0 amide bonds. The Morgan fingerprint density at radius 3 is 2.63 bits per heavy atom. The predicted molar refractivity (Wildman–Crippen MR) is 133 cm³/mol. The Labute approximate surface area is 197 Å². The minimum absolute atomic E-state index is 0. The van der Waals surface area contributed by atoms with Gasteiger partial charge in [-0.05, 0) is 37.0 Å². The van der Waals surface area contributed by atoms with Crippen molar-refractivity contribution in [2.45, 2.75) is 46.0 Å². The molecule has 164 valence electrons. The minimum atomic E-state index is 0. The van der Waals surface area contributed by atoms with Crippen molar-refractivity contribution in [1.29, 1.82) is 0 Å². The number of rotatable bonds is 7. The molecule has 0 spiro atoms. The Bertz CT molecular complexity index is 799. The molecule has 3 rings (SSSR count). The van der Waals surface area contributed by atoms with Gasteiger partial charge in [0.15, 0.2) is 5.96 Å². The number of pyridine rings is 1. The fourth-order valence-corrected chi connectivity index (χ4v) is 3.54. The summed E-state index contributed by atoms with van der Waals surface area (Å²) in [7, 11) is 1.82. The first-order chi connectivity index (χ1) is 14.0. The van der Waals surface area contributed by atoms with E-state index in [9.17, 15) is 0 Å². The van der Waals surface area contributed by atoms with Crippen molar-refractivity contribution >= 4 is 29.9 Å². The lowest BCUT2D eigenvalue weighted by atomic mass is 10.1. The van der Waals surface area contributed by atoms with Gasteiger partial charge in [0.1, 0.15) is 6.61 Å². The maximum Gasteiger partial charge on any atom is 0.213 e. The van der Waals surface area contributed by atoms with Crippen LogP contribution in [0, 0.1) is 5.92 Å². The fraction of sp³-hybridized carbons (Fsp3) is 0.478. The van der Waals surface area contributed by atoms with Crippen molar-refractivity contribution in [3.05, 3.63) is 59.8 Å². The van der Waals surface area contributed by atoms with Gasteiger partial charge in [-0.1, -0.05) is 37.3 Å². The van der Waals surface area contributed by atoms with Crippen LogP contribution in [0.4, 0.5) is 0 Å². The molecule has 0 aliphatic carbocycles. The van der Waals surface area contributed by atoms with Crippen molar-refractivity contribution in [3.8, 4) is 5.88 Å². The summed E-state index contributed by atoms with van der Waals surface area (Å²) in [6.07, 6.45) is 1.78. The highest BCUT2D eigenvalue weighted by Gasteiger charge is 2.31. The molecule has 0 bridgehead atoms. The highest BCUT2D eigenvalue weighted by atomic mass is 127. The van der Waals surface area contributed by atoms with Crippen LogP contribution in [0.2, 0.25) is 0 Å². The van der Waals surface area contributed by atoms with E-state index in [-0.39, 0.29) is 24.0 Å². The fourth-order valence-electron chi connectivity index (χ4n) is 3.54. The molecule has 2 N–H and O–H groups in total. The number of aliphatic imine (C=N–C) groups is 1. The molecule has 1 aromatic heterocycles. The van der Waals surface area contributed by atoms with E-state index in [2.05, 4.69) is 46.3 Å². The van der Waals surface area contributed by atoms with Crippen molar-refractivity contribution in [1.82, 2.24) is 20.5 Å². The quantitative estimate of drug-likeness (QED) is 0.330. The van der Waals surface area contributed by atoms with Crippen molar-refractivity contribution < 1.29 is 4.74 Å². The van der Waals surface area contributed by atoms with Gasteiger partial charge in [-0.15, -0.1) is 24.0 Å². The summed E-state index contributed by atoms with van der Waals surface area (Å²) in [5, 5.41) is 7.00. The molecule has 6 nitrogen and oxygen atoms in total. The van der Waals surface area contributed by atoms with Gasteiger partial charge in [-0.25, -0.2) is 4.98 Å². The van der Waals surface area contributed by atoms with Gasteiger partial charge in [0.25, 0.3) is 0 Å². The number of likely N-dealkylation sites (tertiary alicyclic amines) is 1. The molecule has 1 aromatic carbocycles. The van der Waals surface area contributed by atoms with Crippen LogP contribution in [0.3, 0.4) is 0 Å². The SMILES string of the molecule is CN=C(NCc1ccnc(OCc2ccccc2)c1)NC1CN(C(C)C)CC1C.I. The third-order valence-electron chi connectivity index (χ3n) is 5.41. The summed E-state index contributed by atoms with van der Waals surface area (Å²) in [5.41, 5.74) is 2.23. The topological polar surface area (TPSA) is 61.8 Å². The molecule has 0 radical (unpaired) electrons. The van der Waals surface area contributed by atoms with Crippen LogP contribution in [-0.4, -0.2) is 48.1 Å². The number of nitrogens with one attached hydrogen (secondary N) is 2. The van der Waals surface area contributed by atoms with Gasteiger partial charge in [0.05, 0.1) is 0 Å². The molecule has 1 fully saturated rings. The van der Waals surface area contributed by atoms with Gasteiger partial charge in [0.2, 0.25) is 5.88 Å². The number of ether oxygens (including phenoxy) is 1. The van der Waals surface area contributed by atoms with Gasteiger partial charge in [0, 0.05) is 51.0 Å². The molecule has 2 heterocycles. The minimum Gasteiger partial charge on any atom is -0.473 e. The summed E-state index contributed by atoms with van der Waals surface area (Å²) in [6, 6.07) is 15.1. The van der Waals surface area contributed by atoms with Gasteiger partial charge < -0.3 is 15.4 Å². The number of hydrogen-bond donors (Lipinski definition) is 2. The highest BCUT2D eigenvalue weighted by molar-refractivity contribution is 14.0. The maximum absolute atomic E-state index is 5.83. The summed E-state index contributed by atoms with van der Waals surface area (Å²) >= 11 is 0. The van der Waals surface area contributed by atoms with Crippen LogP contribution in [0.1, 0.15) is 31.9 Å². The molecule has 1 aliphatic heterocycles. The smallest absolute Gasteiger partial charge is 0.213 e. The molecule has 1 aliphatic rings. The third kappa shape index (κ3) is 7.12. The Morgan fingerprint density at radius 2 is 1.97 bits per heavy atom. The Kier molecular flexibility index (Phi) is 9.84. The van der Waals surface area contributed by atoms with Crippen LogP contribution in [0.25, 0.3) is 0 Å². The Balaban J connectivity index is 0.00000320. The molecule has 2 atom stereocenters. The lowest BCUT2D eigenvalue weighted by Crippen LogP contribution is -2.46. The highest BCUT2D eigenvalue weighted by Crippen LogP contribution is 2.18. The zero-order valence-electron chi connectivity index (χ0n) is 18.3. The average molecular weight is 523 g/mol. The average Bonchev–Trinajstić information content (AvgIpc) is 3.11. The zero-order valence-corrected chi connectivity index (χ0v) is 20.7. The maximum atomic E-state index is 5.83. The first-order valence-electron chi connectivity index (χ1n) is 10.4. The third-order valence-corrected chi connectivity index (χ3v) is 5.41. The van der Waals surface area contributed by atoms with E-state index in [1.807, 2.05) is 49.5 Å². The summed E-state index contributed by atoms with van der Waals surface area (Å²) in [4.78, 5) is 11.2. The number of aromatic nitrogens is 1. The summed E-state index contributed by atoms with van der Waals surface area (Å²) in [6.45, 7) is 10.2. The Morgan fingerprint density at radius 1 is 1.20 bits per heavy atom. The van der Waals surface area contributed by atoms with Crippen LogP contribution in [-0.2, 0) is 13.2 Å². The van der Waals surface area contributed by atoms with Gasteiger partial charge in [-0.2, -0.15) is 0 Å². The molecule has 7 heteroatoms. The number of benzene rings is 1. The number of hydrogen-bond acceptors (Lipinski definition) is 4.